The van der Waals surface area contributed by atoms with Crippen molar-refractivity contribution in [1.82, 2.24) is 0 Å². The van der Waals surface area contributed by atoms with Crippen LogP contribution < -0.4 is 0 Å². The Hall–Kier alpha value is -0.790. The number of epoxide rings is 1. The van der Waals surface area contributed by atoms with Crippen LogP contribution in [0.4, 0.5) is 0 Å². The number of Topliss-reactive ketones (excluding diaryl/α,β-unsaturated/α-hetero) is 1. The van der Waals surface area contributed by atoms with Gasteiger partial charge in [-0.15, -0.1) is 0 Å². The van der Waals surface area contributed by atoms with Gasteiger partial charge in [-0.25, -0.2) is 0 Å². The van der Waals surface area contributed by atoms with Gasteiger partial charge in [0, 0.05) is 5.41 Å². The van der Waals surface area contributed by atoms with Crippen molar-refractivity contribution in [2.24, 2.45) is 10.8 Å². The van der Waals surface area contributed by atoms with Gasteiger partial charge >= 0.3 is 0 Å². The fraction of sp³-hybridized carbons (Fsp3) is 0.800. The van der Waals surface area contributed by atoms with Crippen LogP contribution in [0.1, 0.15) is 20.3 Å². The molecule has 7 atom stereocenters. The summed E-state index contributed by atoms with van der Waals surface area (Å²) in [5.74, 6) is -0.388. The second-order valence-corrected chi connectivity index (χ2v) is 7.07. The lowest BCUT2D eigenvalue weighted by Gasteiger charge is -2.58. The van der Waals surface area contributed by atoms with Gasteiger partial charge in [0.25, 0.3) is 0 Å². The highest BCUT2D eigenvalue weighted by Gasteiger charge is 2.83. The van der Waals surface area contributed by atoms with Crippen LogP contribution in [-0.4, -0.2) is 64.3 Å². The van der Waals surface area contributed by atoms with Crippen molar-refractivity contribution in [2.75, 3.05) is 13.2 Å². The number of carbonyl (C=O) groups is 1. The average molecular weight is 296 g/mol. The lowest BCUT2D eigenvalue weighted by Crippen LogP contribution is -2.70. The van der Waals surface area contributed by atoms with E-state index in [0.29, 0.717) is 18.6 Å². The molecule has 2 heterocycles. The number of fused-ring (bicyclic) bond motifs is 2. The normalized spacial score (nSPS) is 58.1. The molecule has 2 saturated heterocycles. The first-order chi connectivity index (χ1) is 9.84. The summed E-state index contributed by atoms with van der Waals surface area (Å²) in [6, 6.07) is 0. The molecule has 0 unspecified atom stereocenters. The molecule has 0 aromatic carbocycles. The van der Waals surface area contributed by atoms with E-state index in [2.05, 4.69) is 0 Å². The van der Waals surface area contributed by atoms with E-state index in [0.717, 1.165) is 0 Å². The number of aliphatic hydroxyl groups excluding tert-OH is 3. The molecular weight excluding hydrogens is 276 g/mol. The molecule has 4 aliphatic rings. The zero-order valence-corrected chi connectivity index (χ0v) is 12.1. The maximum Gasteiger partial charge on any atom is 0.187 e. The van der Waals surface area contributed by atoms with E-state index in [9.17, 15) is 20.1 Å². The van der Waals surface area contributed by atoms with Crippen molar-refractivity contribution < 1.29 is 29.6 Å². The second-order valence-electron chi connectivity index (χ2n) is 7.07. The van der Waals surface area contributed by atoms with E-state index < -0.39 is 47.5 Å². The van der Waals surface area contributed by atoms with Crippen molar-refractivity contribution in [3.8, 4) is 0 Å². The lowest BCUT2D eigenvalue weighted by molar-refractivity contribution is -0.244. The van der Waals surface area contributed by atoms with Crippen LogP contribution in [0, 0.1) is 10.8 Å². The maximum atomic E-state index is 12.3. The van der Waals surface area contributed by atoms with Gasteiger partial charge in [0.2, 0.25) is 0 Å². The number of ether oxygens (including phenoxy) is 2. The predicted octanol–water partition coefficient (Wildman–Crippen LogP) is -0.838. The SMILES string of the molecule is CC1=C[C@@H]2O[C@H]3[C@H](O)C[C@](C)([C@]2(CO)[C@@H](O)C1=O)[C@]31CO1. The third-order valence-electron chi connectivity index (χ3n) is 6.43. The van der Waals surface area contributed by atoms with Gasteiger partial charge in [-0.3, -0.25) is 4.79 Å². The van der Waals surface area contributed by atoms with E-state index >= 15 is 0 Å². The molecule has 2 bridgehead atoms. The van der Waals surface area contributed by atoms with E-state index in [1.807, 2.05) is 6.92 Å². The third kappa shape index (κ3) is 1.22. The minimum atomic E-state index is -1.35. The Labute approximate surface area is 122 Å². The molecule has 0 aromatic rings. The average Bonchev–Trinajstić information content (AvgIpc) is 3.20. The van der Waals surface area contributed by atoms with Crippen LogP contribution in [0.25, 0.3) is 0 Å². The van der Waals surface area contributed by atoms with Crippen LogP contribution in [0.3, 0.4) is 0 Å². The zero-order chi connectivity index (χ0) is 15.2. The molecule has 0 radical (unpaired) electrons. The summed E-state index contributed by atoms with van der Waals surface area (Å²) in [4.78, 5) is 12.3. The Balaban J connectivity index is 1.95. The quantitative estimate of drug-likeness (QED) is 0.546. The third-order valence-corrected chi connectivity index (χ3v) is 6.43. The predicted molar refractivity (Wildman–Crippen MR) is 70.4 cm³/mol. The summed E-state index contributed by atoms with van der Waals surface area (Å²) in [5.41, 5.74) is -2.16. The molecule has 3 N–H and O–H groups in total. The number of hydrogen-bond acceptors (Lipinski definition) is 6. The van der Waals surface area contributed by atoms with E-state index in [1.54, 1.807) is 13.0 Å². The first kappa shape index (κ1) is 13.8. The van der Waals surface area contributed by atoms with E-state index in [4.69, 9.17) is 9.47 Å². The van der Waals surface area contributed by atoms with Crippen LogP contribution in [0.2, 0.25) is 0 Å². The minimum Gasteiger partial charge on any atom is -0.396 e. The first-order valence-electron chi connectivity index (χ1n) is 7.33. The van der Waals surface area contributed by atoms with Crippen molar-refractivity contribution in [3.05, 3.63) is 11.6 Å². The van der Waals surface area contributed by atoms with Gasteiger partial charge in [-0.2, -0.15) is 0 Å². The minimum absolute atomic E-state index is 0.339. The lowest BCUT2D eigenvalue weighted by atomic mass is 9.50. The largest absolute Gasteiger partial charge is 0.396 e. The Morgan fingerprint density at radius 1 is 1.43 bits per heavy atom. The monoisotopic (exact) mass is 296 g/mol. The highest BCUT2D eigenvalue weighted by molar-refractivity contribution is 6.00. The van der Waals surface area contributed by atoms with Crippen LogP contribution >= 0.6 is 0 Å². The summed E-state index contributed by atoms with van der Waals surface area (Å²) >= 11 is 0. The van der Waals surface area contributed by atoms with Crippen molar-refractivity contribution in [2.45, 2.75) is 50.3 Å². The van der Waals surface area contributed by atoms with E-state index in [-0.39, 0.29) is 5.78 Å². The van der Waals surface area contributed by atoms with Gasteiger partial charge in [0.1, 0.15) is 17.8 Å². The van der Waals surface area contributed by atoms with Gasteiger partial charge in [0.05, 0.1) is 30.8 Å². The molecule has 4 rings (SSSR count). The standard InChI is InChI=1S/C15H20O6/c1-7-3-9-14(5-16,11(19)10(7)18)13(2)4-8(17)12(21-9)15(13)6-20-15/h3,8-9,11-12,16-17,19H,4-6H2,1-2H3/t8-,9+,11+,12+,13-,14+,15+/m1/s1. The molecule has 6 nitrogen and oxygen atoms in total. The maximum absolute atomic E-state index is 12.3. The van der Waals surface area contributed by atoms with Crippen molar-refractivity contribution in [1.29, 1.82) is 0 Å². The smallest absolute Gasteiger partial charge is 0.187 e. The number of ketones is 1. The van der Waals surface area contributed by atoms with Crippen LogP contribution in [0.15, 0.2) is 11.6 Å². The second kappa shape index (κ2) is 3.75. The van der Waals surface area contributed by atoms with Gasteiger partial charge in [0.15, 0.2) is 5.78 Å². The number of aliphatic hydroxyl groups is 3. The molecule has 2 aliphatic heterocycles. The topological polar surface area (TPSA) is 99.5 Å². The summed E-state index contributed by atoms with van der Waals surface area (Å²) in [5, 5.41) is 31.1. The molecule has 21 heavy (non-hydrogen) atoms. The molecule has 1 saturated carbocycles. The summed E-state index contributed by atoms with van der Waals surface area (Å²) in [7, 11) is 0. The Morgan fingerprint density at radius 2 is 2.10 bits per heavy atom. The van der Waals surface area contributed by atoms with Gasteiger partial charge in [-0.1, -0.05) is 6.92 Å². The van der Waals surface area contributed by atoms with Crippen molar-refractivity contribution in [3.63, 3.8) is 0 Å². The highest BCUT2D eigenvalue weighted by Crippen LogP contribution is 2.70. The molecular formula is C15H20O6. The van der Waals surface area contributed by atoms with Crippen LogP contribution in [-0.2, 0) is 14.3 Å². The molecule has 2 aliphatic carbocycles. The Kier molecular flexibility index (Phi) is 2.47. The number of rotatable bonds is 1. The van der Waals surface area contributed by atoms with Crippen molar-refractivity contribution >= 4 is 5.78 Å². The fourth-order valence-corrected chi connectivity index (χ4v) is 5.02. The molecule has 0 amide bonds. The Morgan fingerprint density at radius 3 is 2.67 bits per heavy atom. The van der Waals surface area contributed by atoms with Gasteiger partial charge < -0.3 is 24.8 Å². The number of hydrogen-bond donors (Lipinski definition) is 3. The molecule has 6 heteroatoms. The number of carbonyl (C=O) groups excluding carboxylic acids is 1. The first-order valence-corrected chi connectivity index (χ1v) is 7.33. The highest BCUT2D eigenvalue weighted by atomic mass is 16.6. The summed E-state index contributed by atoms with van der Waals surface area (Å²) in [6.45, 7) is 3.55. The van der Waals surface area contributed by atoms with E-state index in [1.165, 1.54) is 0 Å². The van der Waals surface area contributed by atoms with Crippen LogP contribution in [0.5, 0.6) is 0 Å². The molecule has 0 aromatic heterocycles. The molecule has 3 fully saturated rings. The molecule has 116 valence electrons. The summed E-state index contributed by atoms with van der Waals surface area (Å²) in [6.07, 6.45) is -1.14. The zero-order valence-electron chi connectivity index (χ0n) is 12.1. The fourth-order valence-electron chi connectivity index (χ4n) is 5.02. The molecule has 1 spiro atoms. The summed E-state index contributed by atoms with van der Waals surface area (Å²) < 4.78 is 11.6. The van der Waals surface area contributed by atoms with Gasteiger partial charge in [-0.05, 0) is 25.0 Å². The Bertz CT molecular complexity index is 552.